The van der Waals surface area contributed by atoms with Crippen molar-refractivity contribution in [1.29, 1.82) is 0 Å². The average Bonchev–Trinajstić information content (AvgIpc) is 2.90. The highest BCUT2D eigenvalue weighted by Gasteiger charge is 2.17. The molecular weight excluding hydrogens is 333 g/mol. The highest BCUT2D eigenvalue weighted by atomic mass is 32.1. The summed E-state index contributed by atoms with van der Waals surface area (Å²) in [6.45, 7) is 5.52. The molecule has 0 aliphatic carbocycles. The summed E-state index contributed by atoms with van der Waals surface area (Å²) in [6.07, 6.45) is 0.954. The van der Waals surface area contributed by atoms with Gasteiger partial charge < -0.3 is 10.1 Å². The van der Waals surface area contributed by atoms with Crippen LogP contribution >= 0.6 is 11.3 Å². The lowest BCUT2D eigenvalue weighted by Crippen LogP contribution is -2.27. The summed E-state index contributed by atoms with van der Waals surface area (Å²) in [5.74, 6) is -0.853. The SMILES string of the molecule is CC(C)(C)OC(=O)Nc1ncc(CNC(=O)c2cccc(F)c2)s1. The number of aromatic nitrogens is 1. The first-order valence-electron chi connectivity index (χ1n) is 7.21. The molecule has 2 aromatic rings. The number of halogens is 1. The molecule has 0 saturated heterocycles. The molecule has 0 atom stereocenters. The summed E-state index contributed by atoms with van der Waals surface area (Å²) in [7, 11) is 0. The van der Waals surface area contributed by atoms with E-state index in [4.69, 9.17) is 4.74 Å². The molecule has 0 spiro atoms. The van der Waals surface area contributed by atoms with E-state index in [0.29, 0.717) is 5.13 Å². The lowest BCUT2D eigenvalue weighted by atomic mass is 10.2. The quantitative estimate of drug-likeness (QED) is 0.883. The van der Waals surface area contributed by atoms with Crippen LogP contribution in [-0.4, -0.2) is 22.6 Å². The third-order valence-electron chi connectivity index (χ3n) is 2.67. The number of nitrogens with one attached hydrogen (secondary N) is 2. The molecule has 2 N–H and O–H groups in total. The van der Waals surface area contributed by atoms with Crippen molar-refractivity contribution in [3.63, 3.8) is 0 Å². The molecule has 0 fully saturated rings. The van der Waals surface area contributed by atoms with Crippen LogP contribution in [0.15, 0.2) is 30.5 Å². The molecule has 1 aromatic carbocycles. The lowest BCUT2D eigenvalue weighted by molar-refractivity contribution is 0.0635. The van der Waals surface area contributed by atoms with Crippen molar-refractivity contribution >= 4 is 28.5 Å². The monoisotopic (exact) mass is 351 g/mol. The van der Waals surface area contributed by atoms with Gasteiger partial charge in [-0.1, -0.05) is 17.4 Å². The van der Waals surface area contributed by atoms with Crippen LogP contribution in [-0.2, 0) is 11.3 Å². The van der Waals surface area contributed by atoms with Gasteiger partial charge in [0, 0.05) is 16.6 Å². The Morgan fingerprint density at radius 3 is 2.75 bits per heavy atom. The van der Waals surface area contributed by atoms with Crippen LogP contribution in [0.4, 0.5) is 14.3 Å². The summed E-state index contributed by atoms with van der Waals surface area (Å²) in [6, 6.07) is 5.44. The number of anilines is 1. The fourth-order valence-electron chi connectivity index (χ4n) is 1.74. The van der Waals surface area contributed by atoms with Gasteiger partial charge in [0.1, 0.15) is 11.4 Å². The number of hydrogen-bond acceptors (Lipinski definition) is 5. The van der Waals surface area contributed by atoms with Gasteiger partial charge in [0.05, 0.1) is 6.54 Å². The predicted octanol–water partition coefficient (Wildman–Crippen LogP) is 3.56. The Morgan fingerprint density at radius 2 is 2.08 bits per heavy atom. The van der Waals surface area contributed by atoms with E-state index in [2.05, 4.69) is 15.6 Å². The molecule has 2 rings (SSSR count). The van der Waals surface area contributed by atoms with Crippen molar-refractivity contribution in [3.05, 3.63) is 46.7 Å². The van der Waals surface area contributed by atoms with Gasteiger partial charge in [0.15, 0.2) is 5.13 Å². The molecule has 0 radical (unpaired) electrons. The summed E-state index contributed by atoms with van der Waals surface area (Å²) in [4.78, 5) is 28.4. The zero-order valence-electron chi connectivity index (χ0n) is 13.6. The van der Waals surface area contributed by atoms with Crippen LogP contribution < -0.4 is 10.6 Å². The number of amides is 2. The molecule has 0 bridgehead atoms. The molecule has 8 heteroatoms. The average molecular weight is 351 g/mol. The third kappa shape index (κ3) is 5.62. The minimum atomic E-state index is -0.594. The Bertz CT molecular complexity index is 740. The molecule has 24 heavy (non-hydrogen) atoms. The van der Waals surface area contributed by atoms with E-state index in [9.17, 15) is 14.0 Å². The summed E-state index contributed by atoms with van der Waals surface area (Å²) in [5.41, 5.74) is -0.352. The number of carbonyl (C=O) groups excluding carboxylic acids is 2. The van der Waals surface area contributed by atoms with Gasteiger partial charge in [-0.05, 0) is 39.0 Å². The van der Waals surface area contributed by atoms with Gasteiger partial charge in [0.2, 0.25) is 0 Å². The van der Waals surface area contributed by atoms with Gasteiger partial charge in [-0.2, -0.15) is 0 Å². The number of benzene rings is 1. The number of ether oxygens (including phenoxy) is 1. The largest absolute Gasteiger partial charge is 0.444 e. The van der Waals surface area contributed by atoms with Gasteiger partial charge in [0.25, 0.3) is 5.91 Å². The normalized spacial score (nSPS) is 11.0. The molecule has 0 aliphatic rings. The molecule has 1 heterocycles. The summed E-state index contributed by atoms with van der Waals surface area (Å²) in [5, 5.41) is 5.57. The fraction of sp³-hybridized carbons (Fsp3) is 0.312. The van der Waals surface area contributed by atoms with Crippen LogP contribution in [0.2, 0.25) is 0 Å². The van der Waals surface area contributed by atoms with Crippen LogP contribution in [0.5, 0.6) is 0 Å². The highest BCUT2D eigenvalue weighted by Crippen LogP contribution is 2.19. The van der Waals surface area contributed by atoms with Crippen molar-refractivity contribution < 1.29 is 18.7 Å². The van der Waals surface area contributed by atoms with Crippen LogP contribution in [0.1, 0.15) is 36.0 Å². The van der Waals surface area contributed by atoms with Gasteiger partial charge in [-0.25, -0.2) is 14.2 Å². The Morgan fingerprint density at radius 1 is 1.33 bits per heavy atom. The van der Waals surface area contributed by atoms with Crippen molar-refractivity contribution in [1.82, 2.24) is 10.3 Å². The summed E-state index contributed by atoms with van der Waals surface area (Å²) < 4.78 is 18.2. The molecule has 2 amide bonds. The lowest BCUT2D eigenvalue weighted by Gasteiger charge is -2.18. The smallest absolute Gasteiger partial charge is 0.413 e. The minimum absolute atomic E-state index is 0.225. The van der Waals surface area contributed by atoms with E-state index < -0.39 is 17.5 Å². The number of rotatable bonds is 4. The topological polar surface area (TPSA) is 80.3 Å². The number of hydrogen-bond donors (Lipinski definition) is 2. The zero-order valence-corrected chi connectivity index (χ0v) is 14.4. The second-order valence-electron chi connectivity index (χ2n) is 5.95. The molecule has 6 nitrogen and oxygen atoms in total. The minimum Gasteiger partial charge on any atom is -0.444 e. The summed E-state index contributed by atoms with van der Waals surface area (Å²) >= 11 is 1.22. The molecular formula is C16H18FN3O3S. The van der Waals surface area contributed by atoms with E-state index in [1.54, 1.807) is 27.0 Å². The Hall–Kier alpha value is -2.48. The van der Waals surface area contributed by atoms with Gasteiger partial charge >= 0.3 is 6.09 Å². The fourth-order valence-corrected chi connectivity index (χ4v) is 2.47. The maximum absolute atomic E-state index is 13.1. The van der Waals surface area contributed by atoms with Crippen molar-refractivity contribution in [2.24, 2.45) is 0 Å². The highest BCUT2D eigenvalue weighted by molar-refractivity contribution is 7.15. The van der Waals surface area contributed by atoms with E-state index in [1.165, 1.54) is 29.5 Å². The van der Waals surface area contributed by atoms with Gasteiger partial charge in [-0.15, -0.1) is 0 Å². The Labute approximate surface area is 143 Å². The van der Waals surface area contributed by atoms with Gasteiger partial charge in [-0.3, -0.25) is 10.1 Å². The Balaban J connectivity index is 1.87. The predicted molar refractivity (Wildman–Crippen MR) is 89.5 cm³/mol. The Kier molecular flexibility index (Phi) is 5.50. The third-order valence-corrected chi connectivity index (χ3v) is 3.58. The first-order chi connectivity index (χ1) is 11.2. The second kappa shape index (κ2) is 7.39. The van der Waals surface area contributed by atoms with E-state index in [0.717, 1.165) is 10.9 Å². The van der Waals surface area contributed by atoms with E-state index in [-0.39, 0.29) is 18.0 Å². The molecule has 0 aliphatic heterocycles. The zero-order chi connectivity index (χ0) is 17.7. The number of nitrogens with zero attached hydrogens (tertiary/aromatic N) is 1. The maximum Gasteiger partial charge on any atom is 0.413 e. The van der Waals surface area contributed by atoms with Crippen molar-refractivity contribution in [2.75, 3.05) is 5.32 Å². The molecule has 128 valence electrons. The second-order valence-corrected chi connectivity index (χ2v) is 7.07. The molecule has 1 aromatic heterocycles. The van der Waals surface area contributed by atoms with Crippen molar-refractivity contribution in [3.8, 4) is 0 Å². The molecule has 0 saturated carbocycles. The van der Waals surface area contributed by atoms with Crippen LogP contribution in [0.3, 0.4) is 0 Å². The van der Waals surface area contributed by atoms with E-state index in [1.807, 2.05) is 0 Å². The van der Waals surface area contributed by atoms with E-state index >= 15 is 0 Å². The molecule has 0 unspecified atom stereocenters. The first kappa shape index (κ1) is 17.9. The van der Waals surface area contributed by atoms with Crippen LogP contribution in [0.25, 0.3) is 0 Å². The maximum atomic E-state index is 13.1. The first-order valence-corrected chi connectivity index (χ1v) is 8.03. The van der Waals surface area contributed by atoms with Crippen LogP contribution in [0, 0.1) is 5.82 Å². The van der Waals surface area contributed by atoms with Crippen molar-refractivity contribution in [2.45, 2.75) is 32.9 Å². The number of carbonyl (C=O) groups is 2. The standard InChI is InChI=1S/C16H18FN3O3S/c1-16(2,3)23-15(22)20-14-19-9-12(24-14)8-18-13(21)10-5-4-6-11(17)7-10/h4-7,9H,8H2,1-3H3,(H,18,21)(H,19,20,22). The number of thiazole rings is 1.